The predicted octanol–water partition coefficient (Wildman–Crippen LogP) is 6.21. The highest BCUT2D eigenvalue weighted by atomic mass is 35.5. The van der Waals surface area contributed by atoms with Gasteiger partial charge in [0.15, 0.2) is 0 Å². The van der Waals surface area contributed by atoms with Crippen LogP contribution < -0.4 is 10.1 Å². The Labute approximate surface area is 169 Å². The highest BCUT2D eigenvalue weighted by Gasteiger charge is 2.37. The molecule has 28 heavy (non-hydrogen) atoms. The molecule has 2 aromatic rings. The SMILES string of the molecule is CC(C)Oc1ccc(-c2cc3c(cc2F)[C@H](NC(=O)O)C(C)(C)CC3)cc1Cl. The number of benzene rings is 2. The van der Waals surface area contributed by atoms with Crippen LogP contribution in [0.3, 0.4) is 0 Å². The van der Waals surface area contributed by atoms with Crippen LogP contribution >= 0.6 is 11.6 Å². The summed E-state index contributed by atoms with van der Waals surface area (Å²) in [4.78, 5) is 11.3. The van der Waals surface area contributed by atoms with Gasteiger partial charge in [-0.15, -0.1) is 0 Å². The lowest BCUT2D eigenvalue weighted by Gasteiger charge is -2.40. The van der Waals surface area contributed by atoms with E-state index in [1.807, 2.05) is 33.8 Å². The Morgan fingerprint density at radius 3 is 2.64 bits per heavy atom. The fraction of sp³-hybridized carbons (Fsp3) is 0.409. The molecule has 0 aromatic heterocycles. The molecule has 6 heteroatoms. The number of nitrogens with one attached hydrogen (secondary N) is 1. The van der Waals surface area contributed by atoms with E-state index in [4.69, 9.17) is 16.3 Å². The van der Waals surface area contributed by atoms with Crippen molar-refractivity contribution in [2.75, 3.05) is 0 Å². The Balaban J connectivity index is 2.02. The fourth-order valence-electron chi connectivity index (χ4n) is 3.78. The number of hydrogen-bond donors (Lipinski definition) is 2. The van der Waals surface area contributed by atoms with Crippen molar-refractivity contribution in [1.82, 2.24) is 5.32 Å². The molecular weight excluding hydrogens is 381 g/mol. The van der Waals surface area contributed by atoms with E-state index in [9.17, 15) is 9.90 Å². The zero-order valence-corrected chi connectivity index (χ0v) is 17.2. The minimum absolute atomic E-state index is 0.00847. The summed E-state index contributed by atoms with van der Waals surface area (Å²) in [6.45, 7) is 7.82. The molecule has 0 saturated carbocycles. The molecule has 2 aromatic carbocycles. The molecule has 0 heterocycles. The molecule has 150 valence electrons. The van der Waals surface area contributed by atoms with Gasteiger partial charge in [0.25, 0.3) is 0 Å². The molecule has 1 aliphatic carbocycles. The lowest BCUT2D eigenvalue weighted by atomic mass is 9.70. The average molecular weight is 406 g/mol. The number of hydrogen-bond acceptors (Lipinski definition) is 2. The minimum Gasteiger partial charge on any atom is -0.489 e. The lowest BCUT2D eigenvalue weighted by molar-refractivity contribution is 0.161. The summed E-state index contributed by atoms with van der Waals surface area (Å²) in [5.74, 6) is 0.161. The van der Waals surface area contributed by atoms with Crippen molar-refractivity contribution in [3.63, 3.8) is 0 Å². The summed E-state index contributed by atoms with van der Waals surface area (Å²) in [6, 6.07) is 8.04. The van der Waals surface area contributed by atoms with Gasteiger partial charge in [-0.3, -0.25) is 0 Å². The lowest BCUT2D eigenvalue weighted by Crippen LogP contribution is -2.40. The summed E-state index contributed by atoms with van der Waals surface area (Å²) >= 11 is 6.31. The van der Waals surface area contributed by atoms with Gasteiger partial charge < -0.3 is 15.2 Å². The minimum atomic E-state index is -1.11. The average Bonchev–Trinajstić information content (AvgIpc) is 2.59. The number of fused-ring (bicyclic) bond motifs is 1. The summed E-state index contributed by atoms with van der Waals surface area (Å²) in [7, 11) is 0. The number of aryl methyl sites for hydroxylation is 1. The molecular formula is C22H25ClFNO3. The summed E-state index contributed by atoms with van der Waals surface area (Å²) in [6.07, 6.45) is 0.446. The van der Waals surface area contributed by atoms with Gasteiger partial charge in [0.05, 0.1) is 17.2 Å². The first-order valence-corrected chi connectivity index (χ1v) is 9.74. The van der Waals surface area contributed by atoms with Gasteiger partial charge in [-0.1, -0.05) is 31.5 Å². The molecule has 1 amide bonds. The van der Waals surface area contributed by atoms with Crippen molar-refractivity contribution >= 4 is 17.7 Å². The first-order valence-electron chi connectivity index (χ1n) is 9.37. The van der Waals surface area contributed by atoms with Crippen LogP contribution in [-0.2, 0) is 6.42 Å². The van der Waals surface area contributed by atoms with E-state index in [1.54, 1.807) is 18.2 Å². The van der Waals surface area contributed by atoms with E-state index in [2.05, 4.69) is 5.32 Å². The quantitative estimate of drug-likeness (QED) is 0.635. The molecule has 1 aliphatic rings. The van der Waals surface area contributed by atoms with Crippen molar-refractivity contribution in [2.45, 2.75) is 52.7 Å². The maximum atomic E-state index is 15.0. The fourth-order valence-corrected chi connectivity index (χ4v) is 4.00. The van der Waals surface area contributed by atoms with Gasteiger partial charge in [-0.25, -0.2) is 9.18 Å². The maximum Gasteiger partial charge on any atom is 0.405 e. The monoisotopic (exact) mass is 405 g/mol. The molecule has 0 unspecified atom stereocenters. The standard InChI is InChI=1S/C22H25ClFNO3/c1-12(2)28-19-6-5-13(10-17(19)23)15-9-14-7-8-22(3,4)20(25-21(26)27)16(14)11-18(15)24/h5-6,9-12,20,25H,7-8H2,1-4H3,(H,26,27)/t20-/m0/s1. The van der Waals surface area contributed by atoms with Crippen LogP contribution in [-0.4, -0.2) is 17.3 Å². The van der Waals surface area contributed by atoms with Crippen LogP contribution in [0.4, 0.5) is 9.18 Å². The maximum absolute atomic E-state index is 15.0. The Bertz CT molecular complexity index is 911. The summed E-state index contributed by atoms with van der Waals surface area (Å²) in [5, 5.41) is 12.2. The van der Waals surface area contributed by atoms with Crippen LogP contribution in [0.1, 0.15) is 51.3 Å². The molecule has 4 nitrogen and oxygen atoms in total. The van der Waals surface area contributed by atoms with Crippen LogP contribution in [0.5, 0.6) is 5.75 Å². The molecule has 2 N–H and O–H groups in total. The smallest absolute Gasteiger partial charge is 0.405 e. The molecule has 0 fully saturated rings. The number of ether oxygens (including phenoxy) is 1. The summed E-state index contributed by atoms with van der Waals surface area (Å²) in [5.41, 5.74) is 2.47. The number of rotatable bonds is 4. The Kier molecular flexibility index (Phi) is 5.57. The molecule has 0 spiro atoms. The van der Waals surface area contributed by atoms with Crippen molar-refractivity contribution in [3.05, 3.63) is 52.3 Å². The number of carbonyl (C=O) groups is 1. The third-order valence-electron chi connectivity index (χ3n) is 5.23. The summed E-state index contributed by atoms with van der Waals surface area (Å²) < 4.78 is 20.7. The number of halogens is 2. The first-order chi connectivity index (χ1) is 13.1. The molecule has 1 atom stereocenters. The van der Waals surface area contributed by atoms with Gasteiger partial charge in [0.2, 0.25) is 0 Å². The van der Waals surface area contributed by atoms with Gasteiger partial charge in [-0.2, -0.15) is 0 Å². The largest absolute Gasteiger partial charge is 0.489 e. The van der Waals surface area contributed by atoms with Crippen molar-refractivity contribution < 1.29 is 19.0 Å². The van der Waals surface area contributed by atoms with Gasteiger partial charge in [-0.05, 0) is 73.1 Å². The molecule has 0 aliphatic heterocycles. The van der Waals surface area contributed by atoms with Crippen LogP contribution in [0, 0.1) is 11.2 Å². The normalized spacial score (nSPS) is 17.9. The topological polar surface area (TPSA) is 58.6 Å². The third kappa shape index (κ3) is 4.09. The Morgan fingerprint density at radius 2 is 2.04 bits per heavy atom. The Hall–Kier alpha value is -2.27. The first kappa shape index (κ1) is 20.5. The third-order valence-corrected chi connectivity index (χ3v) is 5.53. The highest BCUT2D eigenvalue weighted by molar-refractivity contribution is 6.32. The van der Waals surface area contributed by atoms with Crippen molar-refractivity contribution in [2.24, 2.45) is 5.41 Å². The zero-order valence-electron chi connectivity index (χ0n) is 16.5. The zero-order chi connectivity index (χ0) is 20.6. The molecule has 0 bridgehead atoms. The highest BCUT2D eigenvalue weighted by Crippen LogP contribution is 2.45. The predicted molar refractivity (Wildman–Crippen MR) is 109 cm³/mol. The van der Waals surface area contributed by atoms with E-state index in [-0.39, 0.29) is 11.5 Å². The Morgan fingerprint density at radius 1 is 1.32 bits per heavy atom. The second kappa shape index (κ2) is 7.63. The van der Waals surface area contributed by atoms with E-state index in [1.165, 1.54) is 6.07 Å². The van der Waals surface area contributed by atoms with Gasteiger partial charge in [0, 0.05) is 5.56 Å². The van der Waals surface area contributed by atoms with E-state index in [0.29, 0.717) is 27.5 Å². The van der Waals surface area contributed by atoms with E-state index in [0.717, 1.165) is 18.4 Å². The van der Waals surface area contributed by atoms with Crippen LogP contribution in [0.15, 0.2) is 30.3 Å². The molecule has 0 saturated heterocycles. The van der Waals surface area contributed by atoms with Crippen LogP contribution in [0.25, 0.3) is 11.1 Å². The number of amides is 1. The van der Waals surface area contributed by atoms with Gasteiger partial charge in [0.1, 0.15) is 11.6 Å². The number of carboxylic acid groups (broad SMARTS) is 1. The molecule has 0 radical (unpaired) electrons. The molecule has 3 rings (SSSR count). The van der Waals surface area contributed by atoms with E-state index < -0.39 is 18.0 Å². The van der Waals surface area contributed by atoms with Crippen molar-refractivity contribution in [3.8, 4) is 16.9 Å². The van der Waals surface area contributed by atoms with Crippen LogP contribution in [0.2, 0.25) is 5.02 Å². The second-order valence-electron chi connectivity index (χ2n) is 8.21. The van der Waals surface area contributed by atoms with E-state index >= 15 is 4.39 Å². The van der Waals surface area contributed by atoms with Gasteiger partial charge >= 0.3 is 6.09 Å². The van der Waals surface area contributed by atoms with Crippen molar-refractivity contribution in [1.29, 1.82) is 0 Å². The second-order valence-corrected chi connectivity index (χ2v) is 8.62.